The zero-order valence-electron chi connectivity index (χ0n) is 15.1. The molecule has 1 fully saturated rings. The number of rotatable bonds is 5. The van der Waals surface area contributed by atoms with E-state index >= 15 is 0 Å². The van der Waals surface area contributed by atoms with E-state index in [2.05, 4.69) is 12.1 Å². The molecule has 1 heterocycles. The maximum atomic E-state index is 12.0. The summed E-state index contributed by atoms with van der Waals surface area (Å²) in [5.74, 6) is -3.45. The molecule has 156 valence electrons. The maximum Gasteiger partial charge on any atom is 0.490 e. The van der Waals surface area contributed by atoms with Gasteiger partial charge in [0.25, 0.3) is 0 Å². The van der Waals surface area contributed by atoms with Crippen molar-refractivity contribution in [1.82, 2.24) is 4.90 Å². The van der Waals surface area contributed by atoms with Crippen molar-refractivity contribution < 1.29 is 37.8 Å². The second kappa shape index (κ2) is 10.6. The number of alkyl halides is 3. The number of carbonyl (C=O) groups is 3. The van der Waals surface area contributed by atoms with E-state index in [0.717, 1.165) is 19.3 Å². The second-order valence-corrected chi connectivity index (χ2v) is 6.47. The quantitative estimate of drug-likeness (QED) is 0.689. The lowest BCUT2D eigenvalue weighted by atomic mass is 9.90. The van der Waals surface area contributed by atoms with Crippen LogP contribution in [0.4, 0.5) is 13.2 Å². The molecule has 10 heteroatoms. The Morgan fingerprint density at radius 2 is 1.61 bits per heavy atom. The summed E-state index contributed by atoms with van der Waals surface area (Å²) in [5.41, 5.74) is 6.96. The number of likely N-dealkylation sites (tertiary alicyclic amines) is 1. The third-order valence-electron chi connectivity index (χ3n) is 4.25. The van der Waals surface area contributed by atoms with Gasteiger partial charge in [-0.3, -0.25) is 9.59 Å². The highest BCUT2D eigenvalue weighted by atomic mass is 19.4. The molecule has 0 unspecified atom stereocenters. The Morgan fingerprint density at radius 3 is 2.04 bits per heavy atom. The van der Waals surface area contributed by atoms with Crippen LogP contribution in [-0.4, -0.2) is 58.3 Å². The number of hydrogen-bond acceptors (Lipinski definition) is 4. The van der Waals surface area contributed by atoms with Crippen molar-refractivity contribution >= 4 is 17.8 Å². The SMILES string of the molecule is N[C@@H](CC(=O)O)C(=O)N1CCC(Cc2ccccc2)CC1.O=C(O)C(F)(F)F. The number of hydrogen-bond donors (Lipinski definition) is 3. The Bertz CT molecular complexity index is 659. The molecule has 1 aromatic rings. The van der Waals surface area contributed by atoms with E-state index in [9.17, 15) is 22.8 Å². The lowest BCUT2D eigenvalue weighted by molar-refractivity contribution is -0.192. The molecular weight excluding hydrogens is 381 g/mol. The van der Waals surface area contributed by atoms with Crippen LogP contribution >= 0.6 is 0 Å². The molecule has 1 aliphatic heterocycles. The highest BCUT2D eigenvalue weighted by molar-refractivity contribution is 5.86. The van der Waals surface area contributed by atoms with Crippen molar-refractivity contribution in [2.24, 2.45) is 11.7 Å². The van der Waals surface area contributed by atoms with Crippen LogP contribution in [-0.2, 0) is 20.8 Å². The second-order valence-electron chi connectivity index (χ2n) is 6.47. The molecular formula is C18H23F3N2O5. The minimum atomic E-state index is -5.08. The number of amides is 1. The van der Waals surface area contributed by atoms with Crippen LogP contribution in [0.2, 0.25) is 0 Å². The largest absolute Gasteiger partial charge is 0.490 e. The molecule has 4 N–H and O–H groups in total. The summed E-state index contributed by atoms with van der Waals surface area (Å²) in [6, 6.07) is 9.42. The number of carbonyl (C=O) groups excluding carboxylic acids is 1. The van der Waals surface area contributed by atoms with Crippen LogP contribution in [0.15, 0.2) is 30.3 Å². The van der Waals surface area contributed by atoms with Gasteiger partial charge in [0.2, 0.25) is 5.91 Å². The highest BCUT2D eigenvalue weighted by Crippen LogP contribution is 2.22. The smallest absolute Gasteiger partial charge is 0.481 e. The molecule has 0 radical (unpaired) electrons. The van der Waals surface area contributed by atoms with Crippen molar-refractivity contribution in [3.8, 4) is 0 Å². The Kier molecular flexibility index (Phi) is 8.90. The normalized spacial score (nSPS) is 15.9. The van der Waals surface area contributed by atoms with E-state index in [4.69, 9.17) is 20.7 Å². The van der Waals surface area contributed by atoms with Gasteiger partial charge in [0.1, 0.15) is 0 Å². The Morgan fingerprint density at radius 1 is 1.11 bits per heavy atom. The Balaban J connectivity index is 0.000000480. The minimum absolute atomic E-state index is 0.240. The van der Waals surface area contributed by atoms with Crippen LogP contribution in [0.1, 0.15) is 24.8 Å². The molecule has 0 aromatic heterocycles. The fraction of sp³-hybridized carbons (Fsp3) is 0.500. The minimum Gasteiger partial charge on any atom is -0.481 e. The van der Waals surface area contributed by atoms with E-state index in [0.29, 0.717) is 19.0 Å². The molecule has 0 spiro atoms. The summed E-state index contributed by atoms with van der Waals surface area (Å²) in [5, 5.41) is 15.8. The molecule has 1 atom stereocenters. The first-order valence-electron chi connectivity index (χ1n) is 8.61. The molecule has 0 saturated carbocycles. The third-order valence-corrected chi connectivity index (χ3v) is 4.25. The van der Waals surface area contributed by atoms with Crippen molar-refractivity contribution in [3.63, 3.8) is 0 Å². The van der Waals surface area contributed by atoms with Gasteiger partial charge in [0.15, 0.2) is 0 Å². The topological polar surface area (TPSA) is 121 Å². The number of nitrogens with two attached hydrogens (primary N) is 1. The molecule has 0 bridgehead atoms. The predicted molar refractivity (Wildman–Crippen MR) is 93.4 cm³/mol. The third kappa shape index (κ3) is 8.38. The van der Waals surface area contributed by atoms with Crippen LogP contribution in [0.3, 0.4) is 0 Å². The van der Waals surface area contributed by atoms with E-state index in [1.54, 1.807) is 4.90 Å². The average Bonchev–Trinajstić information content (AvgIpc) is 2.62. The number of benzene rings is 1. The number of aliphatic carboxylic acids is 2. The first kappa shape index (κ1) is 23.4. The number of halogens is 3. The summed E-state index contributed by atoms with van der Waals surface area (Å²) in [6.07, 6.45) is -2.46. The van der Waals surface area contributed by atoms with Crippen molar-refractivity contribution in [2.75, 3.05) is 13.1 Å². The summed E-state index contributed by atoms with van der Waals surface area (Å²) in [6.45, 7) is 1.34. The number of carboxylic acids is 2. The van der Waals surface area contributed by atoms with Gasteiger partial charge in [-0.15, -0.1) is 0 Å². The van der Waals surface area contributed by atoms with Gasteiger partial charge in [-0.05, 0) is 30.7 Å². The number of carboxylic acid groups (broad SMARTS) is 2. The molecule has 2 rings (SSSR count). The fourth-order valence-corrected chi connectivity index (χ4v) is 2.81. The Labute approximate surface area is 159 Å². The first-order chi connectivity index (χ1) is 13.0. The molecule has 1 saturated heterocycles. The monoisotopic (exact) mass is 404 g/mol. The molecule has 0 aliphatic carbocycles. The summed E-state index contributed by atoms with van der Waals surface area (Å²) < 4.78 is 31.7. The van der Waals surface area contributed by atoms with E-state index in [1.165, 1.54) is 5.56 Å². The summed E-state index contributed by atoms with van der Waals surface area (Å²) in [7, 11) is 0. The molecule has 28 heavy (non-hydrogen) atoms. The van der Waals surface area contributed by atoms with Gasteiger partial charge >= 0.3 is 18.1 Å². The van der Waals surface area contributed by atoms with Crippen LogP contribution in [0.5, 0.6) is 0 Å². The Hall–Kier alpha value is -2.62. The molecule has 1 aliphatic rings. The maximum absolute atomic E-state index is 12.0. The van der Waals surface area contributed by atoms with Gasteiger partial charge in [-0.2, -0.15) is 13.2 Å². The van der Waals surface area contributed by atoms with Crippen molar-refractivity contribution in [1.29, 1.82) is 0 Å². The number of piperidine rings is 1. The van der Waals surface area contributed by atoms with Crippen LogP contribution < -0.4 is 5.73 Å². The molecule has 1 aromatic carbocycles. The van der Waals surface area contributed by atoms with Crippen LogP contribution in [0, 0.1) is 5.92 Å². The lowest BCUT2D eigenvalue weighted by Gasteiger charge is -2.33. The molecule has 1 amide bonds. The summed E-state index contributed by atoms with van der Waals surface area (Å²) >= 11 is 0. The van der Waals surface area contributed by atoms with E-state index in [-0.39, 0.29) is 12.3 Å². The standard InChI is InChI=1S/C16H22N2O3.C2HF3O2/c17-14(11-15(19)20)16(21)18-8-6-13(7-9-18)10-12-4-2-1-3-5-12;3-2(4,5)1(6)7/h1-5,13-14H,6-11,17H2,(H,19,20);(H,6,7)/t14-;/m0./s1. The van der Waals surface area contributed by atoms with Gasteiger partial charge in [-0.25, -0.2) is 4.79 Å². The average molecular weight is 404 g/mol. The number of nitrogens with zero attached hydrogens (tertiary/aromatic N) is 1. The van der Waals surface area contributed by atoms with Gasteiger partial charge in [-0.1, -0.05) is 30.3 Å². The van der Waals surface area contributed by atoms with Crippen molar-refractivity contribution in [3.05, 3.63) is 35.9 Å². The van der Waals surface area contributed by atoms with E-state index in [1.807, 2.05) is 18.2 Å². The zero-order chi connectivity index (χ0) is 21.3. The van der Waals surface area contributed by atoms with Gasteiger partial charge in [0.05, 0.1) is 12.5 Å². The summed E-state index contributed by atoms with van der Waals surface area (Å²) in [4.78, 5) is 33.2. The van der Waals surface area contributed by atoms with E-state index < -0.39 is 24.2 Å². The highest BCUT2D eigenvalue weighted by Gasteiger charge is 2.38. The first-order valence-corrected chi connectivity index (χ1v) is 8.61. The van der Waals surface area contributed by atoms with Crippen molar-refractivity contribution in [2.45, 2.75) is 37.9 Å². The lowest BCUT2D eigenvalue weighted by Crippen LogP contribution is -2.48. The van der Waals surface area contributed by atoms with Gasteiger partial charge < -0.3 is 20.8 Å². The molecule has 7 nitrogen and oxygen atoms in total. The predicted octanol–water partition coefficient (Wildman–Crippen LogP) is 1.90. The zero-order valence-corrected chi connectivity index (χ0v) is 15.1. The van der Waals surface area contributed by atoms with Gasteiger partial charge in [0, 0.05) is 13.1 Å². The fourth-order valence-electron chi connectivity index (χ4n) is 2.81. The van der Waals surface area contributed by atoms with Crippen LogP contribution in [0.25, 0.3) is 0 Å².